The van der Waals surface area contributed by atoms with Crippen LogP contribution in [-0.4, -0.2) is 11.6 Å². The van der Waals surface area contributed by atoms with E-state index in [0.29, 0.717) is 0 Å². The Morgan fingerprint density at radius 2 is 2.25 bits per heavy atom. The number of aromatic nitrogens is 1. The fourth-order valence-electron chi connectivity index (χ4n) is 1.83. The predicted octanol–water partition coefficient (Wildman–Crippen LogP) is 3.31. The van der Waals surface area contributed by atoms with Gasteiger partial charge in [0, 0.05) is 23.2 Å². The maximum absolute atomic E-state index is 5.54. The number of terminal acetylenes is 1. The minimum atomic E-state index is 0.217. The predicted molar refractivity (Wildman–Crippen MR) is 82.9 cm³/mol. The maximum Gasteiger partial charge on any atom is 0.148 e. The van der Waals surface area contributed by atoms with Crippen LogP contribution in [0.5, 0.6) is 5.75 Å². The van der Waals surface area contributed by atoms with Gasteiger partial charge in [0.25, 0.3) is 0 Å². The molecular weight excluding hydrogens is 268 g/mol. The summed E-state index contributed by atoms with van der Waals surface area (Å²) in [5.74, 6) is 3.32. The SMILES string of the molecule is C#CCOc1ccccc1CNC(C)c1nc(C)cs1. The average molecular weight is 286 g/mol. The molecular formula is C16H18N2OS. The molecule has 2 rings (SSSR count). The number of hydrogen-bond acceptors (Lipinski definition) is 4. The Morgan fingerprint density at radius 1 is 1.45 bits per heavy atom. The molecule has 0 aliphatic rings. The summed E-state index contributed by atoms with van der Waals surface area (Å²) in [5.41, 5.74) is 2.17. The first kappa shape index (κ1) is 14.6. The molecule has 0 aliphatic carbocycles. The number of ether oxygens (including phenoxy) is 1. The number of nitrogens with zero attached hydrogens (tertiary/aromatic N) is 1. The zero-order valence-electron chi connectivity index (χ0n) is 11.7. The van der Waals surface area contributed by atoms with E-state index >= 15 is 0 Å². The van der Waals surface area contributed by atoms with Gasteiger partial charge in [0.05, 0.1) is 6.04 Å². The summed E-state index contributed by atoms with van der Waals surface area (Å²) in [7, 11) is 0. The molecule has 2 aromatic rings. The zero-order valence-corrected chi connectivity index (χ0v) is 12.5. The lowest BCUT2D eigenvalue weighted by atomic mass is 10.2. The molecule has 0 saturated heterocycles. The van der Waals surface area contributed by atoms with E-state index in [1.54, 1.807) is 11.3 Å². The number of benzene rings is 1. The number of nitrogens with one attached hydrogen (secondary N) is 1. The van der Waals surface area contributed by atoms with Gasteiger partial charge in [-0.1, -0.05) is 24.1 Å². The van der Waals surface area contributed by atoms with E-state index in [9.17, 15) is 0 Å². The van der Waals surface area contributed by atoms with Crippen LogP contribution in [0.4, 0.5) is 0 Å². The maximum atomic E-state index is 5.54. The smallest absolute Gasteiger partial charge is 0.148 e. The van der Waals surface area contributed by atoms with Crippen LogP contribution in [0.1, 0.15) is 29.2 Å². The van der Waals surface area contributed by atoms with Crippen molar-refractivity contribution in [1.82, 2.24) is 10.3 Å². The van der Waals surface area contributed by atoms with Crippen molar-refractivity contribution in [1.29, 1.82) is 0 Å². The number of para-hydroxylation sites is 1. The van der Waals surface area contributed by atoms with Crippen molar-refractivity contribution in [2.75, 3.05) is 6.61 Å². The molecule has 0 saturated carbocycles. The molecule has 1 N–H and O–H groups in total. The van der Waals surface area contributed by atoms with E-state index in [2.05, 4.69) is 28.5 Å². The van der Waals surface area contributed by atoms with Gasteiger partial charge in [0.1, 0.15) is 17.4 Å². The molecule has 1 heterocycles. The highest BCUT2D eigenvalue weighted by atomic mass is 32.1. The summed E-state index contributed by atoms with van der Waals surface area (Å²) in [4.78, 5) is 4.49. The first-order valence-electron chi connectivity index (χ1n) is 6.50. The second-order valence-corrected chi connectivity index (χ2v) is 5.42. The van der Waals surface area contributed by atoms with Gasteiger partial charge in [0.15, 0.2) is 0 Å². The first-order valence-corrected chi connectivity index (χ1v) is 7.38. The van der Waals surface area contributed by atoms with Gasteiger partial charge >= 0.3 is 0 Å². The third-order valence-corrected chi connectivity index (χ3v) is 4.03. The topological polar surface area (TPSA) is 34.1 Å². The highest BCUT2D eigenvalue weighted by Crippen LogP contribution is 2.21. The Labute approximate surface area is 124 Å². The summed E-state index contributed by atoms with van der Waals surface area (Å²) >= 11 is 1.68. The Bertz CT molecular complexity index is 601. The molecule has 104 valence electrons. The molecule has 0 aliphatic heterocycles. The summed E-state index contributed by atoms with van der Waals surface area (Å²) in [6.45, 7) is 5.14. The van der Waals surface area contributed by atoms with Crippen molar-refractivity contribution in [2.45, 2.75) is 26.4 Å². The van der Waals surface area contributed by atoms with Gasteiger partial charge in [-0.25, -0.2) is 4.98 Å². The number of hydrogen-bond donors (Lipinski definition) is 1. The second kappa shape index (κ2) is 7.09. The number of thiazole rings is 1. The minimum absolute atomic E-state index is 0.217. The molecule has 20 heavy (non-hydrogen) atoms. The van der Waals surface area contributed by atoms with E-state index in [1.165, 1.54) is 0 Å². The molecule has 3 nitrogen and oxygen atoms in total. The van der Waals surface area contributed by atoms with Crippen LogP contribution in [0.3, 0.4) is 0 Å². The van der Waals surface area contributed by atoms with Crippen LogP contribution in [0.15, 0.2) is 29.6 Å². The molecule has 4 heteroatoms. The van der Waals surface area contributed by atoms with Crippen LogP contribution < -0.4 is 10.1 Å². The van der Waals surface area contributed by atoms with E-state index < -0.39 is 0 Å². The summed E-state index contributed by atoms with van der Waals surface area (Å²) in [6, 6.07) is 8.14. The fourth-order valence-corrected chi connectivity index (χ4v) is 2.66. The van der Waals surface area contributed by atoms with Crippen molar-refractivity contribution in [3.8, 4) is 18.1 Å². The van der Waals surface area contributed by atoms with Crippen LogP contribution in [0, 0.1) is 19.3 Å². The molecule has 1 unspecified atom stereocenters. The molecule has 0 spiro atoms. The molecule has 0 radical (unpaired) electrons. The molecule has 1 aromatic carbocycles. The second-order valence-electron chi connectivity index (χ2n) is 4.53. The first-order chi connectivity index (χ1) is 9.70. The van der Waals surface area contributed by atoms with Crippen molar-refractivity contribution >= 4 is 11.3 Å². The van der Waals surface area contributed by atoms with Gasteiger partial charge in [-0.15, -0.1) is 17.8 Å². The van der Waals surface area contributed by atoms with E-state index in [1.807, 2.05) is 31.2 Å². The standard InChI is InChI=1S/C16H18N2OS/c1-4-9-19-15-8-6-5-7-14(15)10-17-13(3)16-18-12(2)11-20-16/h1,5-8,11,13,17H,9-10H2,2-3H3. The van der Waals surface area contributed by atoms with Gasteiger partial charge in [-0.2, -0.15) is 0 Å². The lowest BCUT2D eigenvalue weighted by Gasteiger charge is -2.14. The van der Waals surface area contributed by atoms with Crippen LogP contribution >= 0.6 is 11.3 Å². The van der Waals surface area contributed by atoms with E-state index in [0.717, 1.165) is 28.6 Å². The Morgan fingerprint density at radius 3 is 2.95 bits per heavy atom. The quantitative estimate of drug-likeness (QED) is 0.827. The van der Waals surface area contributed by atoms with Crippen molar-refractivity contribution in [2.24, 2.45) is 0 Å². The third kappa shape index (κ3) is 3.83. The van der Waals surface area contributed by atoms with Crippen molar-refractivity contribution in [3.05, 3.63) is 45.9 Å². The summed E-state index contributed by atoms with van der Waals surface area (Å²) < 4.78 is 5.54. The number of aryl methyl sites for hydroxylation is 1. The normalized spacial score (nSPS) is 11.8. The Kier molecular flexibility index (Phi) is 5.16. The number of rotatable bonds is 6. The molecule has 0 fully saturated rings. The highest BCUT2D eigenvalue weighted by molar-refractivity contribution is 7.09. The highest BCUT2D eigenvalue weighted by Gasteiger charge is 2.10. The molecule has 1 aromatic heterocycles. The lowest BCUT2D eigenvalue weighted by molar-refractivity contribution is 0.364. The van der Waals surface area contributed by atoms with E-state index in [-0.39, 0.29) is 12.6 Å². The minimum Gasteiger partial charge on any atom is -0.481 e. The Hall–Kier alpha value is -1.83. The van der Waals surface area contributed by atoms with Crippen LogP contribution in [0.25, 0.3) is 0 Å². The summed E-state index contributed by atoms with van der Waals surface area (Å²) in [5, 5.41) is 6.63. The zero-order chi connectivity index (χ0) is 14.4. The monoisotopic (exact) mass is 286 g/mol. The van der Waals surface area contributed by atoms with Gasteiger partial charge in [0.2, 0.25) is 0 Å². The van der Waals surface area contributed by atoms with Crippen LogP contribution in [-0.2, 0) is 6.54 Å². The van der Waals surface area contributed by atoms with Gasteiger partial charge in [-0.05, 0) is 19.9 Å². The van der Waals surface area contributed by atoms with Crippen LogP contribution in [0.2, 0.25) is 0 Å². The van der Waals surface area contributed by atoms with Gasteiger partial charge in [-0.3, -0.25) is 0 Å². The third-order valence-electron chi connectivity index (χ3n) is 2.89. The fraction of sp³-hybridized carbons (Fsp3) is 0.312. The van der Waals surface area contributed by atoms with Crippen molar-refractivity contribution in [3.63, 3.8) is 0 Å². The Balaban J connectivity index is 1.98. The lowest BCUT2D eigenvalue weighted by Crippen LogP contribution is -2.18. The molecule has 0 bridgehead atoms. The average Bonchev–Trinajstić information content (AvgIpc) is 2.90. The molecule has 1 atom stereocenters. The van der Waals surface area contributed by atoms with E-state index in [4.69, 9.17) is 11.2 Å². The molecule has 0 amide bonds. The van der Waals surface area contributed by atoms with Gasteiger partial charge < -0.3 is 10.1 Å². The van der Waals surface area contributed by atoms with Crippen molar-refractivity contribution < 1.29 is 4.74 Å². The largest absolute Gasteiger partial charge is 0.481 e. The summed E-state index contributed by atoms with van der Waals surface area (Å²) in [6.07, 6.45) is 5.23.